The number of methoxy groups -OCH3 is 2. The molecule has 0 saturated carbocycles. The van der Waals surface area contributed by atoms with E-state index in [1.165, 1.54) is 0 Å². The van der Waals surface area contributed by atoms with Crippen LogP contribution >= 0.6 is 11.3 Å². The van der Waals surface area contributed by atoms with E-state index >= 15 is 0 Å². The van der Waals surface area contributed by atoms with Crippen molar-refractivity contribution >= 4 is 34.1 Å². The molecule has 4 rings (SSSR count). The summed E-state index contributed by atoms with van der Waals surface area (Å²) in [7, 11) is 3.15. The molecule has 31 heavy (non-hydrogen) atoms. The van der Waals surface area contributed by atoms with Gasteiger partial charge in [-0.25, -0.2) is 9.97 Å². The molecule has 1 atom stereocenters. The highest BCUT2D eigenvalue weighted by Crippen LogP contribution is 2.32. The zero-order valence-electron chi connectivity index (χ0n) is 17.0. The fourth-order valence-electron chi connectivity index (χ4n) is 3.25. The molecule has 5 N–H and O–H groups in total. The normalized spacial score (nSPS) is 12.0. The van der Waals surface area contributed by atoms with Crippen molar-refractivity contribution in [3.63, 3.8) is 0 Å². The van der Waals surface area contributed by atoms with Crippen molar-refractivity contribution in [3.05, 3.63) is 58.5 Å². The van der Waals surface area contributed by atoms with Crippen molar-refractivity contribution in [3.8, 4) is 17.3 Å². The summed E-state index contributed by atoms with van der Waals surface area (Å²) in [6, 6.07) is 8.68. The molecule has 0 saturated heterocycles. The molecule has 3 aromatic heterocycles. The van der Waals surface area contributed by atoms with Gasteiger partial charge in [-0.2, -0.15) is 11.3 Å². The van der Waals surface area contributed by atoms with Gasteiger partial charge in [0.05, 0.1) is 30.8 Å². The number of nitrogens with two attached hydrogens (primary N) is 2. The van der Waals surface area contributed by atoms with Crippen LogP contribution in [0.25, 0.3) is 16.9 Å². The van der Waals surface area contributed by atoms with Gasteiger partial charge in [-0.15, -0.1) is 0 Å². The van der Waals surface area contributed by atoms with Gasteiger partial charge in [-0.05, 0) is 34.5 Å². The predicted molar refractivity (Wildman–Crippen MR) is 120 cm³/mol. The van der Waals surface area contributed by atoms with Gasteiger partial charge in [0, 0.05) is 24.7 Å². The van der Waals surface area contributed by atoms with E-state index in [4.69, 9.17) is 20.9 Å². The average molecular weight is 439 g/mol. The monoisotopic (exact) mass is 438 g/mol. The second-order valence-electron chi connectivity index (χ2n) is 6.78. The Bertz CT molecular complexity index is 1220. The number of fused-ring (bicyclic) bond motifs is 1. The number of primary amides is 1. The van der Waals surface area contributed by atoms with E-state index in [0.717, 1.165) is 11.1 Å². The lowest BCUT2D eigenvalue weighted by molar-refractivity contribution is 0.100. The highest BCUT2D eigenvalue weighted by Gasteiger charge is 2.16. The molecule has 0 aliphatic carbocycles. The van der Waals surface area contributed by atoms with Crippen LogP contribution in [0.3, 0.4) is 0 Å². The molecule has 10 heteroatoms. The number of thiophene rings is 1. The highest BCUT2D eigenvalue weighted by atomic mass is 32.1. The molecule has 0 aliphatic heterocycles. The largest absolute Gasteiger partial charge is 0.493 e. The third-order valence-corrected chi connectivity index (χ3v) is 5.61. The molecule has 0 spiro atoms. The van der Waals surface area contributed by atoms with Crippen LogP contribution in [0.5, 0.6) is 11.5 Å². The van der Waals surface area contributed by atoms with Crippen LogP contribution in [0.15, 0.2) is 47.4 Å². The summed E-state index contributed by atoms with van der Waals surface area (Å²) in [6.45, 7) is 0.392. The molecular formula is C21H22N6O3S. The molecular weight excluding hydrogens is 416 g/mol. The number of hydrogen-bond acceptors (Lipinski definition) is 8. The maximum Gasteiger partial charge on any atom is 0.252 e. The number of aromatic nitrogens is 3. The summed E-state index contributed by atoms with van der Waals surface area (Å²) in [5.74, 6) is 1.50. The Morgan fingerprint density at radius 2 is 2.00 bits per heavy atom. The molecule has 1 amide bonds. The lowest BCUT2D eigenvalue weighted by Crippen LogP contribution is -2.23. The van der Waals surface area contributed by atoms with Gasteiger partial charge in [0.2, 0.25) is 0 Å². The molecule has 1 aromatic carbocycles. The summed E-state index contributed by atoms with van der Waals surface area (Å²) in [5, 5.41) is 7.12. The van der Waals surface area contributed by atoms with Crippen molar-refractivity contribution in [1.82, 2.24) is 14.5 Å². The zero-order chi connectivity index (χ0) is 22.0. The van der Waals surface area contributed by atoms with E-state index < -0.39 is 5.91 Å². The van der Waals surface area contributed by atoms with Crippen LogP contribution in [0, 0.1) is 0 Å². The Morgan fingerprint density at radius 3 is 2.68 bits per heavy atom. The average Bonchev–Trinajstić information content (AvgIpc) is 3.46. The smallest absolute Gasteiger partial charge is 0.252 e. The molecule has 9 nitrogen and oxygen atoms in total. The van der Waals surface area contributed by atoms with Gasteiger partial charge in [0.25, 0.3) is 5.91 Å². The molecule has 0 bridgehead atoms. The molecule has 3 heterocycles. The first kappa shape index (κ1) is 20.6. The van der Waals surface area contributed by atoms with Crippen LogP contribution in [-0.4, -0.2) is 41.2 Å². The maximum absolute atomic E-state index is 11.9. The van der Waals surface area contributed by atoms with Crippen molar-refractivity contribution in [2.24, 2.45) is 11.5 Å². The summed E-state index contributed by atoms with van der Waals surface area (Å²) < 4.78 is 12.5. The second kappa shape index (κ2) is 8.62. The van der Waals surface area contributed by atoms with E-state index in [1.807, 2.05) is 22.9 Å². The van der Waals surface area contributed by atoms with Gasteiger partial charge in [-0.1, -0.05) is 0 Å². The number of benzene rings is 1. The number of rotatable bonds is 8. The molecule has 0 aliphatic rings. The lowest BCUT2D eigenvalue weighted by atomic mass is 10.1. The van der Waals surface area contributed by atoms with Gasteiger partial charge in [0.1, 0.15) is 18.0 Å². The number of pyridine rings is 1. The minimum absolute atomic E-state index is 0.247. The Hall–Kier alpha value is -3.63. The van der Waals surface area contributed by atoms with Gasteiger partial charge >= 0.3 is 0 Å². The van der Waals surface area contributed by atoms with Gasteiger partial charge in [-0.3, -0.25) is 9.36 Å². The van der Waals surface area contributed by atoms with Crippen molar-refractivity contribution in [2.75, 3.05) is 26.1 Å². The second-order valence-corrected chi connectivity index (χ2v) is 7.56. The summed E-state index contributed by atoms with van der Waals surface area (Å²) in [4.78, 5) is 21.0. The number of nitrogens with zero attached hydrogens (tertiary/aromatic N) is 3. The van der Waals surface area contributed by atoms with E-state index in [9.17, 15) is 4.79 Å². The number of ether oxygens (including phenoxy) is 2. The molecule has 4 aromatic rings. The third kappa shape index (κ3) is 4.03. The minimum atomic E-state index is -0.576. The molecule has 0 fully saturated rings. The highest BCUT2D eigenvalue weighted by molar-refractivity contribution is 7.07. The van der Waals surface area contributed by atoms with Crippen molar-refractivity contribution in [2.45, 2.75) is 6.04 Å². The van der Waals surface area contributed by atoms with Gasteiger partial charge < -0.3 is 26.3 Å². The number of nitrogens with one attached hydrogen (secondary N) is 1. The number of anilines is 1. The Kier molecular flexibility index (Phi) is 5.74. The Morgan fingerprint density at radius 1 is 1.23 bits per heavy atom. The SMILES string of the molecule is COc1cc2ncn(-c3ccc(C(N)=O)c(NC[C@H](N)c4ccsc4)n3)c2cc1OC. The number of carbonyl (C=O) groups excluding carboxylic acids is 1. The quantitative estimate of drug-likeness (QED) is 0.385. The maximum atomic E-state index is 11.9. The fraction of sp³-hybridized carbons (Fsp3) is 0.190. The number of imidazole rings is 1. The lowest BCUT2D eigenvalue weighted by Gasteiger charge is -2.15. The Labute approximate surface area is 182 Å². The number of carbonyl (C=O) groups is 1. The van der Waals surface area contributed by atoms with Crippen LogP contribution in [0.4, 0.5) is 5.82 Å². The van der Waals surface area contributed by atoms with Crippen molar-refractivity contribution < 1.29 is 14.3 Å². The summed E-state index contributed by atoms with van der Waals surface area (Å²) >= 11 is 1.58. The summed E-state index contributed by atoms with van der Waals surface area (Å²) in [6.07, 6.45) is 1.65. The van der Waals surface area contributed by atoms with Crippen molar-refractivity contribution in [1.29, 1.82) is 0 Å². The first-order valence-electron chi connectivity index (χ1n) is 9.43. The molecule has 0 unspecified atom stereocenters. The third-order valence-electron chi connectivity index (χ3n) is 4.91. The topological polar surface area (TPSA) is 130 Å². The first-order valence-corrected chi connectivity index (χ1v) is 10.4. The predicted octanol–water partition coefficient (Wildman–Crippen LogP) is 2.71. The standard InChI is InChI=1S/C21H22N6O3S/c1-29-17-7-15-16(8-18(17)30-2)27(11-25-15)19-4-3-13(20(23)28)21(26-19)24-9-14(22)12-5-6-31-10-12/h3-8,10-11,14H,9,22H2,1-2H3,(H2,23,28)(H,24,26)/t14-/m0/s1. The van der Waals surface area contributed by atoms with Crippen LogP contribution < -0.4 is 26.3 Å². The minimum Gasteiger partial charge on any atom is -0.493 e. The molecule has 160 valence electrons. The van der Waals surface area contributed by atoms with Crippen LogP contribution in [0.2, 0.25) is 0 Å². The van der Waals surface area contributed by atoms with E-state index in [0.29, 0.717) is 35.2 Å². The van der Waals surface area contributed by atoms with E-state index in [2.05, 4.69) is 15.3 Å². The van der Waals surface area contributed by atoms with E-state index in [1.54, 1.807) is 54.6 Å². The van der Waals surface area contributed by atoms with Crippen LogP contribution in [-0.2, 0) is 0 Å². The van der Waals surface area contributed by atoms with E-state index in [-0.39, 0.29) is 11.6 Å². The molecule has 0 radical (unpaired) electrons. The first-order chi connectivity index (χ1) is 15.0. The van der Waals surface area contributed by atoms with Gasteiger partial charge in [0.15, 0.2) is 11.5 Å². The fourth-order valence-corrected chi connectivity index (χ4v) is 3.97. The summed E-state index contributed by atoms with van der Waals surface area (Å²) in [5.41, 5.74) is 14.6. The zero-order valence-corrected chi connectivity index (χ0v) is 17.8. The Balaban J connectivity index is 1.71. The number of hydrogen-bond donors (Lipinski definition) is 3. The number of amides is 1. The van der Waals surface area contributed by atoms with Crippen LogP contribution in [0.1, 0.15) is 22.0 Å².